The van der Waals surface area contributed by atoms with Crippen LogP contribution in [-0.2, 0) is 16.6 Å². The van der Waals surface area contributed by atoms with Crippen LogP contribution in [0.25, 0.3) is 0 Å². The predicted octanol–water partition coefficient (Wildman–Crippen LogP) is 3.37. The molecule has 130 valence electrons. The first-order valence-corrected chi connectivity index (χ1v) is 9.15. The van der Waals surface area contributed by atoms with Gasteiger partial charge >= 0.3 is 0 Å². The van der Waals surface area contributed by atoms with E-state index in [-0.39, 0.29) is 17.2 Å². The summed E-state index contributed by atoms with van der Waals surface area (Å²) in [5, 5.41) is 0. The third-order valence-electron chi connectivity index (χ3n) is 4.37. The number of furan rings is 1. The van der Waals surface area contributed by atoms with E-state index in [0.29, 0.717) is 17.6 Å². The molecule has 7 heteroatoms. The zero-order valence-corrected chi connectivity index (χ0v) is 14.6. The molecule has 1 aromatic heterocycles. The van der Waals surface area contributed by atoms with Crippen molar-refractivity contribution in [2.45, 2.75) is 30.7 Å². The van der Waals surface area contributed by atoms with Gasteiger partial charge in [-0.05, 0) is 42.7 Å². The fourth-order valence-corrected chi connectivity index (χ4v) is 3.84. The van der Waals surface area contributed by atoms with Gasteiger partial charge in [0.1, 0.15) is 11.5 Å². The second-order valence-electron chi connectivity index (χ2n) is 6.18. The van der Waals surface area contributed by atoms with Crippen LogP contribution in [0, 0.1) is 11.7 Å². The molecule has 0 radical (unpaired) electrons. The number of benzene rings is 1. The highest BCUT2D eigenvalue weighted by atomic mass is 32.2. The highest BCUT2D eigenvalue weighted by molar-refractivity contribution is 7.89. The van der Waals surface area contributed by atoms with E-state index in [4.69, 9.17) is 9.15 Å². The molecule has 0 spiro atoms. The number of hydrogen-bond donors (Lipinski definition) is 0. The molecule has 2 aromatic rings. The van der Waals surface area contributed by atoms with Gasteiger partial charge in [-0.25, -0.2) is 12.8 Å². The molecule has 1 fully saturated rings. The minimum absolute atomic E-state index is 0.00540. The van der Waals surface area contributed by atoms with Crippen molar-refractivity contribution in [3.8, 4) is 5.75 Å². The number of sulfonamides is 1. The lowest BCUT2D eigenvalue weighted by Gasteiger charge is -2.16. The topological polar surface area (TPSA) is 59.8 Å². The van der Waals surface area contributed by atoms with Gasteiger partial charge < -0.3 is 9.15 Å². The summed E-state index contributed by atoms with van der Waals surface area (Å²) < 4.78 is 50.6. The normalized spacial score (nSPS) is 20.4. The summed E-state index contributed by atoms with van der Waals surface area (Å²) in [4.78, 5) is -0.120. The van der Waals surface area contributed by atoms with Gasteiger partial charge in [-0.1, -0.05) is 6.92 Å². The molecule has 0 bridgehead atoms. The molecule has 1 aliphatic rings. The van der Waals surface area contributed by atoms with Crippen LogP contribution in [0.15, 0.2) is 39.6 Å². The Kier molecular flexibility index (Phi) is 4.40. The first-order chi connectivity index (χ1) is 11.3. The molecule has 0 aliphatic heterocycles. The number of hydrogen-bond acceptors (Lipinski definition) is 4. The molecule has 24 heavy (non-hydrogen) atoms. The van der Waals surface area contributed by atoms with Crippen molar-refractivity contribution in [3.63, 3.8) is 0 Å². The fraction of sp³-hybridized carbons (Fsp3) is 0.412. The number of nitrogens with zero attached hydrogens (tertiary/aromatic N) is 1. The summed E-state index contributed by atoms with van der Waals surface area (Å²) in [5.41, 5.74) is 0. The molecule has 0 unspecified atom stereocenters. The average Bonchev–Trinajstić information content (AvgIpc) is 3.09. The summed E-state index contributed by atoms with van der Waals surface area (Å²) in [7, 11) is -1.04. The maximum Gasteiger partial charge on any atom is 0.243 e. The van der Waals surface area contributed by atoms with Gasteiger partial charge in [0.05, 0.1) is 18.6 Å². The van der Waals surface area contributed by atoms with Gasteiger partial charge in [0, 0.05) is 13.0 Å². The summed E-state index contributed by atoms with van der Waals surface area (Å²) in [5.74, 6) is 1.83. The summed E-state index contributed by atoms with van der Waals surface area (Å²) >= 11 is 0. The number of rotatable bonds is 6. The van der Waals surface area contributed by atoms with Gasteiger partial charge in [-0.15, -0.1) is 0 Å². The van der Waals surface area contributed by atoms with Crippen LogP contribution in [0.3, 0.4) is 0 Å². The molecule has 1 saturated carbocycles. The van der Waals surface area contributed by atoms with Crippen LogP contribution in [0.4, 0.5) is 4.39 Å². The zero-order chi connectivity index (χ0) is 17.5. The Balaban J connectivity index is 1.76. The van der Waals surface area contributed by atoms with Gasteiger partial charge in [0.25, 0.3) is 0 Å². The molecule has 0 amide bonds. The first-order valence-electron chi connectivity index (χ1n) is 7.71. The predicted molar refractivity (Wildman–Crippen MR) is 86.8 cm³/mol. The lowest BCUT2D eigenvalue weighted by atomic mass is 10.3. The monoisotopic (exact) mass is 353 g/mol. The van der Waals surface area contributed by atoms with Crippen molar-refractivity contribution in [1.82, 2.24) is 4.31 Å². The van der Waals surface area contributed by atoms with Crippen LogP contribution >= 0.6 is 0 Å². The summed E-state index contributed by atoms with van der Waals surface area (Å²) in [6, 6.07) is 7.28. The fourth-order valence-electron chi connectivity index (χ4n) is 2.69. The van der Waals surface area contributed by atoms with Gasteiger partial charge in [-0.3, -0.25) is 0 Å². The van der Waals surface area contributed by atoms with Gasteiger partial charge in [0.2, 0.25) is 10.0 Å². The molecule has 2 atom stereocenters. The Morgan fingerprint density at radius 1 is 1.33 bits per heavy atom. The van der Waals surface area contributed by atoms with E-state index < -0.39 is 15.8 Å². The van der Waals surface area contributed by atoms with E-state index in [1.807, 2.05) is 6.07 Å². The molecule has 1 heterocycles. The van der Waals surface area contributed by atoms with Crippen molar-refractivity contribution >= 4 is 10.0 Å². The SMILES string of the molecule is COc1ccc(S(=O)(=O)N(C)Cc2ccc([C@H]3C[C@H]3C)o2)cc1F. The minimum atomic E-state index is -3.81. The Hall–Kier alpha value is -1.86. The number of halogens is 1. The van der Waals surface area contributed by atoms with Crippen molar-refractivity contribution in [2.24, 2.45) is 5.92 Å². The van der Waals surface area contributed by atoms with Crippen molar-refractivity contribution in [2.75, 3.05) is 14.2 Å². The van der Waals surface area contributed by atoms with Crippen LogP contribution in [0.1, 0.15) is 30.8 Å². The Morgan fingerprint density at radius 2 is 2.04 bits per heavy atom. The Labute approximate surface area is 141 Å². The van der Waals surface area contributed by atoms with Crippen LogP contribution in [0.2, 0.25) is 0 Å². The first kappa shape index (κ1) is 17.0. The van der Waals surface area contributed by atoms with E-state index in [1.54, 1.807) is 6.07 Å². The second-order valence-corrected chi connectivity index (χ2v) is 8.23. The van der Waals surface area contributed by atoms with E-state index >= 15 is 0 Å². The maximum absolute atomic E-state index is 13.8. The molecular weight excluding hydrogens is 333 g/mol. The van der Waals surface area contributed by atoms with E-state index in [0.717, 1.165) is 22.6 Å². The van der Waals surface area contributed by atoms with Crippen LogP contribution in [-0.4, -0.2) is 26.9 Å². The summed E-state index contributed by atoms with van der Waals surface area (Å²) in [6.07, 6.45) is 1.10. The van der Waals surface area contributed by atoms with Gasteiger partial charge in [-0.2, -0.15) is 4.31 Å². The van der Waals surface area contributed by atoms with Crippen molar-refractivity contribution < 1.29 is 22.0 Å². The summed E-state index contributed by atoms with van der Waals surface area (Å²) in [6.45, 7) is 2.25. The standard InChI is InChI=1S/C17H20FNO4S/c1-11-8-14(11)16-6-4-12(23-16)10-19(2)24(20,21)13-5-7-17(22-3)15(18)9-13/h4-7,9,11,14H,8,10H2,1-3H3/t11-,14+/m1/s1. The van der Waals surface area contributed by atoms with Crippen molar-refractivity contribution in [1.29, 1.82) is 0 Å². The Bertz CT molecular complexity index is 846. The molecule has 3 rings (SSSR count). The van der Waals surface area contributed by atoms with Crippen LogP contribution in [0.5, 0.6) is 5.75 Å². The molecule has 5 nitrogen and oxygen atoms in total. The van der Waals surface area contributed by atoms with Crippen molar-refractivity contribution in [3.05, 3.63) is 47.7 Å². The zero-order valence-electron chi connectivity index (χ0n) is 13.8. The van der Waals surface area contributed by atoms with E-state index in [9.17, 15) is 12.8 Å². The van der Waals surface area contributed by atoms with E-state index in [1.165, 1.54) is 26.3 Å². The second kappa shape index (κ2) is 6.22. The lowest BCUT2D eigenvalue weighted by Crippen LogP contribution is -2.26. The quantitative estimate of drug-likeness (QED) is 0.799. The molecular formula is C17H20FNO4S. The third kappa shape index (κ3) is 3.18. The molecule has 0 N–H and O–H groups in total. The molecule has 0 saturated heterocycles. The largest absolute Gasteiger partial charge is 0.494 e. The minimum Gasteiger partial charge on any atom is -0.494 e. The third-order valence-corrected chi connectivity index (χ3v) is 6.17. The molecule has 1 aromatic carbocycles. The van der Waals surface area contributed by atoms with E-state index in [2.05, 4.69) is 6.92 Å². The number of methoxy groups -OCH3 is 1. The highest BCUT2D eigenvalue weighted by Crippen LogP contribution is 2.47. The van der Waals surface area contributed by atoms with Crippen LogP contribution < -0.4 is 4.74 Å². The Morgan fingerprint density at radius 3 is 2.62 bits per heavy atom. The maximum atomic E-state index is 13.8. The number of ether oxygens (including phenoxy) is 1. The smallest absolute Gasteiger partial charge is 0.243 e. The lowest BCUT2D eigenvalue weighted by molar-refractivity contribution is 0.383. The highest BCUT2D eigenvalue weighted by Gasteiger charge is 2.36. The average molecular weight is 353 g/mol. The van der Waals surface area contributed by atoms with Gasteiger partial charge in [0.15, 0.2) is 11.6 Å². The molecule has 1 aliphatic carbocycles.